The third-order valence-electron chi connectivity index (χ3n) is 2.19. The van der Waals surface area contributed by atoms with E-state index >= 15 is 0 Å². The van der Waals surface area contributed by atoms with Gasteiger partial charge in [-0.2, -0.15) is 0 Å². The number of hydrogen-bond acceptors (Lipinski definition) is 3. The van der Waals surface area contributed by atoms with Crippen molar-refractivity contribution in [3.8, 4) is 0 Å². The Kier molecular flexibility index (Phi) is 4.43. The Balaban J connectivity index is 2.89. The van der Waals surface area contributed by atoms with Gasteiger partial charge in [-0.1, -0.05) is 12.1 Å². The SMILES string of the molecule is CC(=O)c1ccc(C[C@H](N)C(=O)O)cc1I. The number of hydrogen-bond donors (Lipinski definition) is 2. The Morgan fingerprint density at radius 1 is 1.50 bits per heavy atom. The largest absolute Gasteiger partial charge is 0.480 e. The number of carbonyl (C=O) groups excluding carboxylic acids is 1. The minimum absolute atomic E-state index is 0.00140. The van der Waals surface area contributed by atoms with Gasteiger partial charge in [-0.05, 0) is 47.6 Å². The molecule has 0 unspecified atom stereocenters. The number of carboxylic acid groups (broad SMARTS) is 1. The first-order valence-corrected chi connectivity index (χ1v) is 5.77. The maximum atomic E-state index is 11.2. The molecule has 4 nitrogen and oxygen atoms in total. The van der Waals surface area contributed by atoms with E-state index in [4.69, 9.17) is 10.8 Å². The van der Waals surface area contributed by atoms with Crippen LogP contribution < -0.4 is 5.73 Å². The lowest BCUT2D eigenvalue weighted by Crippen LogP contribution is -2.32. The number of benzene rings is 1. The highest BCUT2D eigenvalue weighted by atomic mass is 127. The van der Waals surface area contributed by atoms with Crippen molar-refractivity contribution in [1.29, 1.82) is 0 Å². The molecule has 0 radical (unpaired) electrons. The van der Waals surface area contributed by atoms with Crippen LogP contribution >= 0.6 is 22.6 Å². The van der Waals surface area contributed by atoms with E-state index in [0.717, 1.165) is 9.13 Å². The minimum Gasteiger partial charge on any atom is -0.480 e. The Hall–Kier alpha value is -0.950. The van der Waals surface area contributed by atoms with Gasteiger partial charge in [0.15, 0.2) is 5.78 Å². The fourth-order valence-electron chi connectivity index (χ4n) is 1.31. The smallest absolute Gasteiger partial charge is 0.320 e. The molecule has 5 heteroatoms. The van der Waals surface area contributed by atoms with Crippen molar-refractivity contribution in [3.63, 3.8) is 0 Å². The predicted octanol–water partition coefficient (Wildman–Crippen LogP) is 1.45. The molecular formula is C11H12INO3. The van der Waals surface area contributed by atoms with Crippen LogP contribution in [0.25, 0.3) is 0 Å². The van der Waals surface area contributed by atoms with Gasteiger partial charge in [-0.3, -0.25) is 9.59 Å². The van der Waals surface area contributed by atoms with Crippen molar-refractivity contribution >= 4 is 34.3 Å². The van der Waals surface area contributed by atoms with Crippen LogP contribution in [0.1, 0.15) is 22.8 Å². The molecule has 16 heavy (non-hydrogen) atoms. The molecular weight excluding hydrogens is 321 g/mol. The lowest BCUT2D eigenvalue weighted by Gasteiger charge is -2.08. The number of aliphatic carboxylic acids is 1. The van der Waals surface area contributed by atoms with E-state index in [9.17, 15) is 9.59 Å². The Morgan fingerprint density at radius 2 is 2.12 bits per heavy atom. The van der Waals surface area contributed by atoms with Crippen LogP contribution in [0.2, 0.25) is 0 Å². The van der Waals surface area contributed by atoms with Gasteiger partial charge >= 0.3 is 5.97 Å². The van der Waals surface area contributed by atoms with Crippen LogP contribution in [-0.2, 0) is 11.2 Å². The van der Waals surface area contributed by atoms with Gasteiger partial charge in [0.25, 0.3) is 0 Å². The fourth-order valence-corrected chi connectivity index (χ4v) is 2.27. The highest BCUT2D eigenvalue weighted by molar-refractivity contribution is 14.1. The third kappa shape index (κ3) is 3.28. The summed E-state index contributed by atoms with van der Waals surface area (Å²) < 4.78 is 0.820. The molecule has 1 atom stereocenters. The first-order valence-electron chi connectivity index (χ1n) is 4.69. The van der Waals surface area contributed by atoms with Gasteiger partial charge in [0, 0.05) is 9.13 Å². The zero-order chi connectivity index (χ0) is 12.3. The van der Waals surface area contributed by atoms with Crippen molar-refractivity contribution in [3.05, 3.63) is 32.9 Å². The number of Topliss-reactive ketones (excluding diaryl/α,β-unsaturated/α-hetero) is 1. The summed E-state index contributed by atoms with van der Waals surface area (Å²) in [6, 6.07) is 4.33. The van der Waals surface area contributed by atoms with Crippen molar-refractivity contribution in [1.82, 2.24) is 0 Å². The fraction of sp³-hybridized carbons (Fsp3) is 0.273. The number of rotatable bonds is 4. The molecule has 0 bridgehead atoms. The average Bonchev–Trinajstić information content (AvgIpc) is 2.16. The van der Waals surface area contributed by atoms with Crippen LogP contribution in [0.15, 0.2) is 18.2 Å². The molecule has 0 aliphatic rings. The second-order valence-electron chi connectivity index (χ2n) is 3.52. The summed E-state index contributed by atoms with van der Waals surface area (Å²) in [6.07, 6.45) is 0.267. The van der Waals surface area contributed by atoms with Gasteiger partial charge < -0.3 is 10.8 Å². The van der Waals surface area contributed by atoms with Gasteiger partial charge in [-0.25, -0.2) is 0 Å². The lowest BCUT2D eigenvalue weighted by atomic mass is 10.0. The maximum absolute atomic E-state index is 11.2. The molecule has 0 fully saturated rings. The molecule has 0 aromatic heterocycles. The van der Waals surface area contributed by atoms with Crippen molar-refractivity contribution in [2.45, 2.75) is 19.4 Å². The molecule has 3 N–H and O–H groups in total. The Morgan fingerprint density at radius 3 is 2.56 bits per heavy atom. The molecule has 0 heterocycles. The van der Waals surface area contributed by atoms with Gasteiger partial charge in [-0.15, -0.1) is 0 Å². The van der Waals surface area contributed by atoms with Crippen LogP contribution in [0, 0.1) is 3.57 Å². The molecule has 0 spiro atoms. The maximum Gasteiger partial charge on any atom is 0.320 e. The molecule has 86 valence electrons. The zero-order valence-electron chi connectivity index (χ0n) is 8.74. The number of ketones is 1. The molecule has 0 aliphatic heterocycles. The molecule has 0 saturated carbocycles. The van der Waals surface area contributed by atoms with Gasteiger partial charge in [0.1, 0.15) is 6.04 Å². The van der Waals surface area contributed by atoms with Crippen molar-refractivity contribution in [2.75, 3.05) is 0 Å². The van der Waals surface area contributed by atoms with E-state index in [1.54, 1.807) is 18.2 Å². The number of halogens is 1. The lowest BCUT2D eigenvalue weighted by molar-refractivity contribution is -0.138. The molecule has 1 aromatic rings. The normalized spacial score (nSPS) is 12.2. The number of carboxylic acids is 1. The van der Waals surface area contributed by atoms with Gasteiger partial charge in [0.2, 0.25) is 0 Å². The topological polar surface area (TPSA) is 80.4 Å². The highest BCUT2D eigenvalue weighted by Gasteiger charge is 2.13. The second-order valence-corrected chi connectivity index (χ2v) is 4.68. The Labute approximate surface area is 107 Å². The van der Waals surface area contributed by atoms with E-state index in [2.05, 4.69) is 22.6 Å². The monoisotopic (exact) mass is 333 g/mol. The zero-order valence-corrected chi connectivity index (χ0v) is 10.9. The van der Waals surface area contributed by atoms with Crippen LogP contribution in [0.5, 0.6) is 0 Å². The van der Waals surface area contributed by atoms with E-state index in [1.165, 1.54) is 6.92 Å². The molecule has 0 aliphatic carbocycles. The summed E-state index contributed by atoms with van der Waals surface area (Å²) >= 11 is 2.06. The number of nitrogens with two attached hydrogens (primary N) is 1. The van der Waals surface area contributed by atoms with Crippen molar-refractivity contribution < 1.29 is 14.7 Å². The Bertz CT molecular complexity index is 431. The molecule has 1 aromatic carbocycles. The first kappa shape index (κ1) is 13.1. The van der Waals surface area contributed by atoms with Gasteiger partial charge in [0.05, 0.1) is 0 Å². The quantitative estimate of drug-likeness (QED) is 0.646. The predicted molar refractivity (Wildman–Crippen MR) is 68.5 cm³/mol. The number of carbonyl (C=O) groups is 2. The van der Waals surface area contributed by atoms with Crippen molar-refractivity contribution in [2.24, 2.45) is 5.73 Å². The summed E-state index contributed by atoms with van der Waals surface area (Å²) in [4.78, 5) is 21.8. The average molecular weight is 333 g/mol. The van der Waals surface area contributed by atoms with E-state index in [0.29, 0.717) is 5.56 Å². The summed E-state index contributed by atoms with van der Waals surface area (Å²) in [5.41, 5.74) is 6.90. The molecule has 0 saturated heterocycles. The second kappa shape index (κ2) is 5.40. The standard InChI is InChI=1S/C11H12INO3/c1-6(14)8-3-2-7(4-9(8)12)5-10(13)11(15)16/h2-4,10H,5,13H2,1H3,(H,15,16)/t10-/m0/s1. The minimum atomic E-state index is -1.02. The van der Waals surface area contributed by atoms with E-state index < -0.39 is 12.0 Å². The summed E-state index contributed by atoms with van der Waals surface area (Å²) in [5, 5.41) is 8.67. The van der Waals surface area contributed by atoms with E-state index in [1.807, 2.05) is 0 Å². The van der Waals surface area contributed by atoms with E-state index in [-0.39, 0.29) is 12.2 Å². The van der Waals surface area contributed by atoms with Crippen LogP contribution in [0.4, 0.5) is 0 Å². The van der Waals surface area contributed by atoms with Crippen LogP contribution in [-0.4, -0.2) is 22.9 Å². The first-order chi connectivity index (χ1) is 7.41. The highest BCUT2D eigenvalue weighted by Crippen LogP contribution is 2.16. The summed E-state index contributed by atoms with van der Waals surface area (Å²) in [7, 11) is 0. The third-order valence-corrected chi connectivity index (χ3v) is 3.08. The van der Waals surface area contributed by atoms with Crippen LogP contribution in [0.3, 0.4) is 0 Å². The summed E-state index contributed by atoms with van der Waals surface area (Å²) in [6.45, 7) is 1.50. The molecule has 0 amide bonds. The summed E-state index contributed by atoms with van der Waals surface area (Å²) in [5.74, 6) is -1.02. The molecule has 1 rings (SSSR count).